The van der Waals surface area contributed by atoms with E-state index in [-0.39, 0.29) is 17.9 Å². The molecule has 1 aromatic carbocycles. The highest BCUT2D eigenvalue weighted by molar-refractivity contribution is 6.18. The van der Waals surface area contributed by atoms with Crippen molar-refractivity contribution in [2.45, 2.75) is 45.6 Å². The number of nitrogens with one attached hydrogen (secondary N) is 1. The van der Waals surface area contributed by atoms with Crippen molar-refractivity contribution < 1.29 is 4.79 Å². The van der Waals surface area contributed by atoms with Gasteiger partial charge in [0.25, 0.3) is 0 Å². The maximum Gasteiger partial charge on any atom is 0.223 e. The number of hydrogen-bond donors (Lipinski definition) is 1. The lowest BCUT2D eigenvalue weighted by Crippen LogP contribution is -2.42. The Labute approximate surface area is 126 Å². The normalized spacial score (nSPS) is 19.5. The molecule has 1 N–H and O–H groups in total. The summed E-state index contributed by atoms with van der Waals surface area (Å²) in [7, 11) is 0. The summed E-state index contributed by atoms with van der Waals surface area (Å²) < 4.78 is 0. The molecular formula is C17H24ClNO. The Morgan fingerprint density at radius 1 is 1.35 bits per heavy atom. The van der Waals surface area contributed by atoms with Crippen molar-refractivity contribution in [3.63, 3.8) is 0 Å². The van der Waals surface area contributed by atoms with Gasteiger partial charge in [-0.3, -0.25) is 4.79 Å². The zero-order valence-corrected chi connectivity index (χ0v) is 13.1. The predicted molar refractivity (Wildman–Crippen MR) is 84.1 cm³/mol. The average Bonchev–Trinajstić information content (AvgIpc) is 2.45. The van der Waals surface area contributed by atoms with Crippen molar-refractivity contribution in [2.24, 2.45) is 11.8 Å². The van der Waals surface area contributed by atoms with Gasteiger partial charge in [-0.25, -0.2) is 0 Å². The molecule has 0 aromatic heterocycles. The van der Waals surface area contributed by atoms with E-state index in [9.17, 15) is 4.79 Å². The molecule has 1 aromatic rings. The summed E-state index contributed by atoms with van der Waals surface area (Å²) in [5, 5.41) is 3.13. The SMILES string of the molecule is CC(C)CC(CCl)NC(=O)C1CCc2ccccc2C1. The van der Waals surface area contributed by atoms with Gasteiger partial charge in [0.1, 0.15) is 0 Å². The van der Waals surface area contributed by atoms with Crippen LogP contribution >= 0.6 is 11.6 Å². The lowest BCUT2D eigenvalue weighted by molar-refractivity contribution is -0.126. The fraction of sp³-hybridized carbons (Fsp3) is 0.588. The van der Waals surface area contributed by atoms with E-state index in [4.69, 9.17) is 11.6 Å². The maximum absolute atomic E-state index is 12.4. The lowest BCUT2D eigenvalue weighted by Gasteiger charge is -2.26. The van der Waals surface area contributed by atoms with Crippen molar-refractivity contribution in [3.8, 4) is 0 Å². The summed E-state index contributed by atoms with van der Waals surface area (Å²) in [5.74, 6) is 1.31. The van der Waals surface area contributed by atoms with Gasteiger partial charge in [-0.05, 0) is 42.7 Å². The van der Waals surface area contributed by atoms with Crippen molar-refractivity contribution in [2.75, 3.05) is 5.88 Å². The molecule has 2 unspecified atom stereocenters. The molecule has 110 valence electrons. The minimum Gasteiger partial charge on any atom is -0.352 e. The quantitative estimate of drug-likeness (QED) is 0.826. The minimum atomic E-state index is 0.0985. The van der Waals surface area contributed by atoms with E-state index in [0.29, 0.717) is 11.8 Å². The number of amides is 1. The highest BCUT2D eigenvalue weighted by Gasteiger charge is 2.26. The van der Waals surface area contributed by atoms with Gasteiger partial charge in [-0.15, -0.1) is 11.6 Å². The second-order valence-electron chi connectivity index (χ2n) is 6.20. The number of halogens is 1. The summed E-state index contributed by atoms with van der Waals surface area (Å²) >= 11 is 5.96. The Hall–Kier alpha value is -1.02. The van der Waals surface area contributed by atoms with E-state index in [2.05, 4.69) is 43.4 Å². The van der Waals surface area contributed by atoms with Crippen molar-refractivity contribution in [1.29, 1.82) is 0 Å². The first-order valence-corrected chi connectivity index (χ1v) is 8.06. The van der Waals surface area contributed by atoms with Crippen LogP contribution in [-0.4, -0.2) is 17.8 Å². The van der Waals surface area contributed by atoms with Crippen LogP contribution in [0.25, 0.3) is 0 Å². The molecule has 0 spiro atoms. The van der Waals surface area contributed by atoms with Gasteiger partial charge in [-0.1, -0.05) is 38.1 Å². The van der Waals surface area contributed by atoms with Crippen LogP contribution in [0.1, 0.15) is 37.8 Å². The van der Waals surface area contributed by atoms with Gasteiger partial charge in [0.15, 0.2) is 0 Å². The van der Waals surface area contributed by atoms with Crippen LogP contribution in [0.5, 0.6) is 0 Å². The van der Waals surface area contributed by atoms with Crippen molar-refractivity contribution >= 4 is 17.5 Å². The number of alkyl halides is 1. The Morgan fingerprint density at radius 2 is 2.05 bits per heavy atom. The molecule has 0 bridgehead atoms. The highest BCUT2D eigenvalue weighted by Crippen LogP contribution is 2.25. The first-order valence-electron chi connectivity index (χ1n) is 7.53. The summed E-state index contributed by atoms with van der Waals surface area (Å²) in [6, 6.07) is 8.54. The summed E-state index contributed by atoms with van der Waals surface area (Å²) in [6.07, 6.45) is 3.75. The van der Waals surface area contributed by atoms with Crippen LogP contribution in [0.15, 0.2) is 24.3 Å². The molecule has 0 fully saturated rings. The van der Waals surface area contributed by atoms with Gasteiger partial charge >= 0.3 is 0 Å². The van der Waals surface area contributed by atoms with E-state index in [1.165, 1.54) is 11.1 Å². The third-order valence-corrected chi connectivity index (χ3v) is 4.38. The van der Waals surface area contributed by atoms with Gasteiger partial charge in [-0.2, -0.15) is 0 Å². The maximum atomic E-state index is 12.4. The molecule has 1 aliphatic carbocycles. The van der Waals surface area contributed by atoms with E-state index < -0.39 is 0 Å². The van der Waals surface area contributed by atoms with Gasteiger partial charge in [0, 0.05) is 17.8 Å². The van der Waals surface area contributed by atoms with Crippen LogP contribution in [0, 0.1) is 11.8 Å². The van der Waals surface area contributed by atoms with E-state index in [1.807, 2.05) is 0 Å². The summed E-state index contributed by atoms with van der Waals surface area (Å²) in [6.45, 7) is 4.31. The molecular weight excluding hydrogens is 270 g/mol. The van der Waals surface area contributed by atoms with Crippen LogP contribution < -0.4 is 5.32 Å². The molecule has 0 heterocycles. The van der Waals surface area contributed by atoms with Gasteiger partial charge in [0.05, 0.1) is 0 Å². The van der Waals surface area contributed by atoms with Crippen LogP contribution in [0.3, 0.4) is 0 Å². The molecule has 0 aliphatic heterocycles. The Kier molecular flexibility index (Phi) is 5.47. The monoisotopic (exact) mass is 293 g/mol. The smallest absolute Gasteiger partial charge is 0.223 e. The molecule has 0 saturated carbocycles. The number of rotatable bonds is 5. The molecule has 1 aliphatic rings. The molecule has 20 heavy (non-hydrogen) atoms. The van der Waals surface area contributed by atoms with Crippen LogP contribution in [0.4, 0.5) is 0 Å². The first-order chi connectivity index (χ1) is 9.60. The lowest BCUT2D eigenvalue weighted by atomic mass is 9.83. The topological polar surface area (TPSA) is 29.1 Å². The van der Waals surface area contributed by atoms with E-state index in [0.717, 1.165) is 25.7 Å². The minimum absolute atomic E-state index is 0.0985. The van der Waals surface area contributed by atoms with Gasteiger partial charge in [0.2, 0.25) is 5.91 Å². The molecule has 0 radical (unpaired) electrons. The fourth-order valence-electron chi connectivity index (χ4n) is 2.97. The molecule has 2 atom stereocenters. The molecule has 2 rings (SSSR count). The summed E-state index contributed by atoms with van der Waals surface area (Å²) in [4.78, 5) is 12.4. The third kappa shape index (κ3) is 3.99. The van der Waals surface area contributed by atoms with Crippen LogP contribution in [0.2, 0.25) is 0 Å². The number of aryl methyl sites for hydroxylation is 1. The highest BCUT2D eigenvalue weighted by atomic mass is 35.5. The molecule has 1 amide bonds. The Balaban J connectivity index is 1.94. The average molecular weight is 294 g/mol. The summed E-state index contributed by atoms with van der Waals surface area (Å²) in [5.41, 5.74) is 2.72. The zero-order valence-electron chi connectivity index (χ0n) is 12.4. The molecule has 0 saturated heterocycles. The van der Waals surface area contributed by atoms with E-state index in [1.54, 1.807) is 0 Å². The Bertz CT molecular complexity index is 458. The zero-order chi connectivity index (χ0) is 14.5. The molecule has 3 heteroatoms. The second kappa shape index (κ2) is 7.12. The van der Waals surface area contributed by atoms with Gasteiger partial charge < -0.3 is 5.32 Å². The molecule has 2 nitrogen and oxygen atoms in total. The standard InChI is InChI=1S/C17H24ClNO/c1-12(2)9-16(11-18)19-17(20)15-8-7-13-5-3-4-6-14(13)10-15/h3-6,12,15-16H,7-11H2,1-2H3,(H,19,20). The number of hydrogen-bond acceptors (Lipinski definition) is 1. The number of fused-ring (bicyclic) bond motifs is 1. The predicted octanol–water partition coefficient (Wildman–Crippen LogP) is 3.56. The first kappa shape index (κ1) is 15.4. The fourth-order valence-corrected chi connectivity index (χ4v) is 3.17. The number of carbonyl (C=O) groups excluding carboxylic acids is 1. The number of carbonyl (C=O) groups is 1. The second-order valence-corrected chi connectivity index (χ2v) is 6.51. The Morgan fingerprint density at radius 3 is 2.70 bits per heavy atom. The van der Waals surface area contributed by atoms with Crippen molar-refractivity contribution in [1.82, 2.24) is 5.32 Å². The van der Waals surface area contributed by atoms with Crippen LogP contribution in [-0.2, 0) is 17.6 Å². The van der Waals surface area contributed by atoms with E-state index >= 15 is 0 Å². The van der Waals surface area contributed by atoms with Crippen molar-refractivity contribution in [3.05, 3.63) is 35.4 Å². The third-order valence-electron chi connectivity index (χ3n) is 4.01. The largest absolute Gasteiger partial charge is 0.352 e. The number of benzene rings is 1.